The highest BCUT2D eigenvalue weighted by atomic mass is 31.2. The molecule has 2 unspecified atom stereocenters. The van der Waals surface area contributed by atoms with Crippen LogP contribution in [0, 0.1) is 0 Å². The molecule has 0 N–H and O–H groups in total. The van der Waals surface area contributed by atoms with Crippen molar-refractivity contribution in [2.75, 3.05) is 19.4 Å². The van der Waals surface area contributed by atoms with E-state index in [0.29, 0.717) is 44.3 Å². The fourth-order valence-corrected chi connectivity index (χ4v) is 5.82. The second kappa shape index (κ2) is 18.2. The predicted octanol–water partition coefficient (Wildman–Crippen LogP) is 7.58. The van der Waals surface area contributed by atoms with Gasteiger partial charge in [0.2, 0.25) is 5.91 Å². The van der Waals surface area contributed by atoms with Gasteiger partial charge in [-0.3, -0.25) is 9.36 Å². The van der Waals surface area contributed by atoms with Crippen molar-refractivity contribution in [3.8, 4) is 0 Å². The van der Waals surface area contributed by atoms with Crippen LogP contribution in [-0.4, -0.2) is 42.3 Å². The number of amides is 1. The van der Waals surface area contributed by atoms with Gasteiger partial charge >= 0.3 is 7.60 Å². The Kier molecular flexibility index (Phi) is 18.0. The van der Waals surface area contributed by atoms with Gasteiger partial charge in [0.05, 0.1) is 19.4 Å². The van der Waals surface area contributed by atoms with Crippen LogP contribution in [0.4, 0.5) is 0 Å². The van der Waals surface area contributed by atoms with Gasteiger partial charge in [0.25, 0.3) is 0 Å². The van der Waals surface area contributed by atoms with E-state index in [2.05, 4.69) is 32.6 Å². The summed E-state index contributed by atoms with van der Waals surface area (Å²) in [5.74, 6) is 0.209. The smallest absolute Gasteiger partial charge is 0.330 e. The summed E-state index contributed by atoms with van der Waals surface area (Å²) in [5.41, 5.74) is 0. The molecule has 0 aliphatic rings. The monoisotopic (exact) mass is 447 g/mol. The van der Waals surface area contributed by atoms with E-state index >= 15 is 0 Å². The van der Waals surface area contributed by atoms with Crippen LogP contribution in [-0.2, 0) is 18.4 Å². The van der Waals surface area contributed by atoms with Gasteiger partial charge in [-0.25, -0.2) is 0 Å². The molecule has 0 aromatic carbocycles. The van der Waals surface area contributed by atoms with Crippen molar-refractivity contribution in [2.24, 2.45) is 0 Å². The number of hydrogen-bond acceptors (Lipinski definition) is 4. The van der Waals surface area contributed by atoms with E-state index in [4.69, 9.17) is 9.05 Å². The van der Waals surface area contributed by atoms with E-state index in [1.54, 1.807) is 0 Å². The van der Waals surface area contributed by atoms with Crippen LogP contribution in [0.1, 0.15) is 119 Å². The van der Waals surface area contributed by atoms with E-state index in [1.807, 2.05) is 13.8 Å². The molecule has 5 nitrogen and oxygen atoms in total. The Balaban J connectivity index is 5.20. The van der Waals surface area contributed by atoms with Crippen molar-refractivity contribution in [3.63, 3.8) is 0 Å². The molecule has 0 spiro atoms. The Morgan fingerprint density at radius 3 is 1.60 bits per heavy atom. The summed E-state index contributed by atoms with van der Waals surface area (Å²) in [4.78, 5) is 15.6. The van der Waals surface area contributed by atoms with Crippen LogP contribution in [0.15, 0.2) is 0 Å². The highest BCUT2D eigenvalue weighted by molar-refractivity contribution is 7.53. The minimum absolute atomic E-state index is 0.209. The van der Waals surface area contributed by atoms with Crippen LogP contribution in [0.5, 0.6) is 0 Å². The van der Waals surface area contributed by atoms with E-state index < -0.39 is 7.60 Å². The van der Waals surface area contributed by atoms with Gasteiger partial charge in [-0.2, -0.15) is 0 Å². The molecule has 0 radical (unpaired) electrons. The number of carbonyl (C=O) groups excluding carboxylic acids is 1. The summed E-state index contributed by atoms with van der Waals surface area (Å²) in [6.07, 6.45) is 12.6. The topological polar surface area (TPSA) is 55.8 Å². The SMILES string of the molecule is CCCCCC(CC)N(C(=O)CCCP(=O)(OCC)OCC)C(CC)CCCCC. The van der Waals surface area contributed by atoms with Crippen molar-refractivity contribution in [1.82, 2.24) is 4.90 Å². The lowest BCUT2D eigenvalue weighted by atomic mass is 9.97. The normalized spacial score (nSPS) is 13.9. The molecule has 0 rings (SSSR count). The quantitative estimate of drug-likeness (QED) is 0.143. The standard InChI is InChI=1S/C24H50NO4P/c1-7-13-15-18-22(9-3)25(23(10-4)19-16-14-8-2)24(26)20-17-21-30(27,28-11-5)29-12-6/h22-23H,7-21H2,1-6H3. The molecule has 0 heterocycles. The fraction of sp³-hybridized carbons (Fsp3) is 0.958. The third-order valence-corrected chi connectivity index (χ3v) is 7.94. The predicted molar refractivity (Wildman–Crippen MR) is 128 cm³/mol. The minimum Gasteiger partial charge on any atom is -0.337 e. The van der Waals surface area contributed by atoms with E-state index in [1.165, 1.54) is 38.5 Å². The lowest BCUT2D eigenvalue weighted by Crippen LogP contribution is -2.47. The number of rotatable bonds is 20. The maximum atomic E-state index is 13.4. The summed E-state index contributed by atoms with van der Waals surface area (Å²) < 4.78 is 23.5. The van der Waals surface area contributed by atoms with Gasteiger partial charge < -0.3 is 13.9 Å². The van der Waals surface area contributed by atoms with E-state index in [-0.39, 0.29) is 5.91 Å². The summed E-state index contributed by atoms with van der Waals surface area (Å²) in [7, 11) is -3.08. The largest absolute Gasteiger partial charge is 0.337 e. The molecular formula is C24H50NO4P. The van der Waals surface area contributed by atoms with Crippen LogP contribution >= 0.6 is 7.60 Å². The first-order valence-corrected chi connectivity index (χ1v) is 14.3. The first-order valence-electron chi connectivity index (χ1n) is 12.6. The second-order valence-electron chi connectivity index (χ2n) is 8.19. The van der Waals surface area contributed by atoms with Gasteiger partial charge in [0, 0.05) is 18.5 Å². The lowest BCUT2D eigenvalue weighted by Gasteiger charge is -2.38. The third kappa shape index (κ3) is 11.9. The van der Waals surface area contributed by atoms with Crippen molar-refractivity contribution in [3.05, 3.63) is 0 Å². The molecule has 30 heavy (non-hydrogen) atoms. The zero-order valence-electron chi connectivity index (χ0n) is 20.8. The molecule has 0 aliphatic heterocycles. The molecule has 0 aliphatic carbocycles. The molecular weight excluding hydrogens is 397 g/mol. The van der Waals surface area contributed by atoms with Crippen LogP contribution in [0.25, 0.3) is 0 Å². The minimum atomic E-state index is -3.08. The molecule has 0 saturated heterocycles. The Hall–Kier alpha value is -0.380. The highest BCUT2D eigenvalue weighted by Crippen LogP contribution is 2.48. The van der Waals surface area contributed by atoms with Gasteiger partial charge in [-0.15, -0.1) is 0 Å². The second-order valence-corrected chi connectivity index (χ2v) is 10.4. The van der Waals surface area contributed by atoms with E-state index in [0.717, 1.165) is 25.7 Å². The summed E-state index contributed by atoms with van der Waals surface area (Å²) in [6.45, 7) is 13.2. The molecule has 0 fully saturated rings. The summed E-state index contributed by atoms with van der Waals surface area (Å²) in [5, 5.41) is 0. The highest BCUT2D eigenvalue weighted by Gasteiger charge is 2.29. The number of nitrogens with zero attached hydrogens (tertiary/aromatic N) is 1. The van der Waals surface area contributed by atoms with Crippen molar-refractivity contribution in [1.29, 1.82) is 0 Å². The lowest BCUT2D eigenvalue weighted by molar-refractivity contribution is -0.137. The zero-order valence-corrected chi connectivity index (χ0v) is 21.7. The van der Waals surface area contributed by atoms with Gasteiger partial charge in [0.1, 0.15) is 0 Å². The first kappa shape index (κ1) is 29.6. The van der Waals surface area contributed by atoms with Gasteiger partial charge in [0.15, 0.2) is 0 Å². The maximum absolute atomic E-state index is 13.4. The van der Waals surface area contributed by atoms with Crippen LogP contribution in [0.3, 0.4) is 0 Å². The number of hydrogen-bond donors (Lipinski definition) is 0. The van der Waals surface area contributed by atoms with Crippen LogP contribution in [0.2, 0.25) is 0 Å². The Bertz CT molecular complexity index is 444. The Morgan fingerprint density at radius 1 is 0.767 bits per heavy atom. The van der Waals surface area contributed by atoms with Gasteiger partial charge in [-0.1, -0.05) is 66.2 Å². The zero-order chi connectivity index (χ0) is 22.8. The van der Waals surface area contributed by atoms with Crippen molar-refractivity contribution < 1.29 is 18.4 Å². The fourth-order valence-electron chi connectivity index (χ4n) is 4.16. The average molecular weight is 448 g/mol. The molecule has 2 atom stereocenters. The number of unbranched alkanes of at least 4 members (excludes halogenated alkanes) is 4. The Labute approximate surface area is 187 Å². The molecule has 0 aromatic rings. The molecule has 0 saturated carbocycles. The summed E-state index contributed by atoms with van der Waals surface area (Å²) >= 11 is 0. The Morgan fingerprint density at radius 2 is 1.23 bits per heavy atom. The van der Waals surface area contributed by atoms with Crippen LogP contribution < -0.4 is 0 Å². The first-order chi connectivity index (χ1) is 14.4. The molecule has 1 amide bonds. The van der Waals surface area contributed by atoms with Crippen molar-refractivity contribution >= 4 is 13.5 Å². The van der Waals surface area contributed by atoms with Gasteiger partial charge in [-0.05, 0) is 46.0 Å². The van der Waals surface area contributed by atoms with E-state index in [9.17, 15) is 9.36 Å². The number of carbonyl (C=O) groups is 1. The average Bonchev–Trinajstić information content (AvgIpc) is 2.72. The summed E-state index contributed by atoms with van der Waals surface area (Å²) in [6, 6.07) is 0.613. The maximum Gasteiger partial charge on any atom is 0.330 e. The molecule has 0 aromatic heterocycles. The molecule has 180 valence electrons. The third-order valence-electron chi connectivity index (χ3n) is 5.77. The van der Waals surface area contributed by atoms with Crippen molar-refractivity contribution in [2.45, 2.75) is 131 Å². The molecule has 6 heteroatoms. The molecule has 0 bridgehead atoms.